The summed E-state index contributed by atoms with van der Waals surface area (Å²) in [5.74, 6) is -1.15. The summed E-state index contributed by atoms with van der Waals surface area (Å²) in [5, 5.41) is 17.1. The van der Waals surface area contributed by atoms with Crippen LogP contribution in [0.5, 0.6) is 0 Å². The monoisotopic (exact) mass is 116 g/mol. The van der Waals surface area contributed by atoms with E-state index in [2.05, 4.69) is 0 Å². The van der Waals surface area contributed by atoms with E-state index >= 15 is 0 Å². The van der Waals surface area contributed by atoms with E-state index in [0.29, 0.717) is 6.42 Å². The summed E-state index contributed by atoms with van der Waals surface area (Å²) < 4.78 is 0. The van der Waals surface area contributed by atoms with E-state index in [9.17, 15) is 4.79 Å². The number of carboxylic acids is 1. The molecular formula is C5H8O3. The van der Waals surface area contributed by atoms with E-state index in [1.54, 1.807) is 6.92 Å². The van der Waals surface area contributed by atoms with Crippen LogP contribution in [0.1, 0.15) is 13.3 Å². The highest BCUT2D eigenvalue weighted by Gasteiger charge is 2.56. The molecule has 0 amide bonds. The van der Waals surface area contributed by atoms with Gasteiger partial charge in [-0.2, -0.15) is 0 Å². The zero-order valence-electron chi connectivity index (χ0n) is 4.59. The third-order valence-corrected chi connectivity index (χ3v) is 1.64. The maximum Gasteiger partial charge on any atom is 0.335 e. The molecule has 3 nitrogen and oxygen atoms in total. The fraction of sp³-hybridized carbons (Fsp3) is 0.800. The molecule has 0 heterocycles. The number of aliphatic hydroxyl groups is 1. The molecule has 2 atom stereocenters. The van der Waals surface area contributed by atoms with E-state index in [1.165, 1.54) is 0 Å². The van der Waals surface area contributed by atoms with E-state index in [4.69, 9.17) is 10.2 Å². The van der Waals surface area contributed by atoms with Gasteiger partial charge >= 0.3 is 5.97 Å². The van der Waals surface area contributed by atoms with Gasteiger partial charge in [-0.05, 0) is 12.3 Å². The van der Waals surface area contributed by atoms with Gasteiger partial charge in [-0.1, -0.05) is 6.92 Å². The minimum Gasteiger partial charge on any atom is -0.479 e. The molecule has 0 saturated heterocycles. The Labute approximate surface area is 46.9 Å². The molecule has 0 aromatic rings. The van der Waals surface area contributed by atoms with Crippen molar-refractivity contribution in [2.24, 2.45) is 5.92 Å². The predicted molar refractivity (Wildman–Crippen MR) is 26.4 cm³/mol. The first-order chi connectivity index (χ1) is 3.57. The van der Waals surface area contributed by atoms with Crippen molar-refractivity contribution < 1.29 is 15.0 Å². The lowest BCUT2D eigenvalue weighted by molar-refractivity contribution is -0.149. The Balaban J connectivity index is 2.60. The van der Waals surface area contributed by atoms with Crippen LogP contribution in [0.3, 0.4) is 0 Å². The summed E-state index contributed by atoms with van der Waals surface area (Å²) in [5.41, 5.74) is -1.38. The first-order valence-corrected chi connectivity index (χ1v) is 2.53. The highest BCUT2D eigenvalue weighted by Crippen LogP contribution is 2.42. The number of hydrogen-bond acceptors (Lipinski definition) is 2. The smallest absolute Gasteiger partial charge is 0.335 e. The van der Waals surface area contributed by atoms with Crippen LogP contribution in [0.4, 0.5) is 0 Å². The van der Waals surface area contributed by atoms with E-state index in [1.807, 2.05) is 0 Å². The summed E-state index contributed by atoms with van der Waals surface area (Å²) >= 11 is 0. The molecule has 3 heteroatoms. The van der Waals surface area contributed by atoms with Crippen molar-refractivity contribution in [3.8, 4) is 0 Å². The normalized spacial score (nSPS) is 44.0. The molecule has 1 rings (SSSR count). The molecule has 0 spiro atoms. The zero-order chi connectivity index (χ0) is 6.36. The van der Waals surface area contributed by atoms with Crippen molar-refractivity contribution in [1.82, 2.24) is 0 Å². The molecule has 2 N–H and O–H groups in total. The Morgan fingerprint density at radius 2 is 2.25 bits per heavy atom. The molecule has 1 aliphatic rings. The Morgan fingerprint density at radius 3 is 2.25 bits per heavy atom. The molecule has 0 radical (unpaired) electrons. The van der Waals surface area contributed by atoms with Crippen LogP contribution in [0.2, 0.25) is 0 Å². The van der Waals surface area contributed by atoms with Crippen molar-refractivity contribution in [2.75, 3.05) is 0 Å². The maximum absolute atomic E-state index is 10.0. The molecule has 1 fully saturated rings. The summed E-state index contributed by atoms with van der Waals surface area (Å²) in [6.45, 7) is 1.72. The molecule has 0 aromatic carbocycles. The van der Waals surface area contributed by atoms with Gasteiger partial charge in [-0.25, -0.2) is 4.79 Å². The second-order valence-electron chi connectivity index (χ2n) is 2.33. The number of carboxylic acid groups (broad SMARTS) is 1. The van der Waals surface area contributed by atoms with Crippen LogP contribution in [0.25, 0.3) is 0 Å². The maximum atomic E-state index is 10.0. The second kappa shape index (κ2) is 1.23. The topological polar surface area (TPSA) is 57.5 Å². The van der Waals surface area contributed by atoms with Crippen molar-refractivity contribution in [3.63, 3.8) is 0 Å². The lowest BCUT2D eigenvalue weighted by Gasteiger charge is -1.97. The first-order valence-electron chi connectivity index (χ1n) is 2.53. The highest BCUT2D eigenvalue weighted by molar-refractivity contribution is 5.81. The molecule has 1 aliphatic carbocycles. The Hall–Kier alpha value is -0.570. The predicted octanol–water partition coefficient (Wildman–Crippen LogP) is -0.158. The Bertz CT molecular complexity index is 132. The van der Waals surface area contributed by atoms with Crippen molar-refractivity contribution in [3.05, 3.63) is 0 Å². The first kappa shape index (κ1) is 5.56. The molecule has 1 saturated carbocycles. The second-order valence-corrected chi connectivity index (χ2v) is 2.33. The van der Waals surface area contributed by atoms with E-state index < -0.39 is 11.6 Å². The van der Waals surface area contributed by atoms with Gasteiger partial charge in [0.1, 0.15) is 0 Å². The van der Waals surface area contributed by atoms with Crippen LogP contribution < -0.4 is 0 Å². The number of hydrogen-bond donors (Lipinski definition) is 2. The zero-order valence-corrected chi connectivity index (χ0v) is 4.59. The van der Waals surface area contributed by atoms with E-state index in [0.717, 1.165) is 0 Å². The van der Waals surface area contributed by atoms with Crippen LogP contribution in [0, 0.1) is 5.92 Å². The van der Waals surface area contributed by atoms with Gasteiger partial charge < -0.3 is 10.2 Å². The third-order valence-electron chi connectivity index (χ3n) is 1.64. The van der Waals surface area contributed by atoms with Crippen LogP contribution in [-0.4, -0.2) is 21.8 Å². The average Bonchev–Trinajstić information content (AvgIpc) is 2.17. The van der Waals surface area contributed by atoms with Crippen LogP contribution in [0.15, 0.2) is 0 Å². The molecule has 8 heavy (non-hydrogen) atoms. The van der Waals surface area contributed by atoms with E-state index in [-0.39, 0.29) is 5.92 Å². The van der Waals surface area contributed by atoms with Gasteiger partial charge in [0.15, 0.2) is 5.60 Å². The minimum atomic E-state index is -1.38. The highest BCUT2D eigenvalue weighted by atomic mass is 16.4. The Morgan fingerprint density at radius 1 is 1.88 bits per heavy atom. The third kappa shape index (κ3) is 0.512. The van der Waals surface area contributed by atoms with Crippen molar-refractivity contribution >= 4 is 5.97 Å². The molecule has 0 aromatic heterocycles. The number of carbonyl (C=O) groups is 1. The molecule has 46 valence electrons. The van der Waals surface area contributed by atoms with Gasteiger partial charge in [-0.15, -0.1) is 0 Å². The lowest BCUT2D eigenvalue weighted by atomic mass is 10.3. The van der Waals surface area contributed by atoms with Crippen LogP contribution in [-0.2, 0) is 4.79 Å². The largest absolute Gasteiger partial charge is 0.479 e. The Kier molecular flexibility index (Phi) is 0.854. The summed E-state index contributed by atoms with van der Waals surface area (Å²) in [6.07, 6.45) is 0.405. The fourth-order valence-electron chi connectivity index (χ4n) is 0.706. The molecule has 0 bridgehead atoms. The van der Waals surface area contributed by atoms with Gasteiger partial charge in [0.25, 0.3) is 0 Å². The minimum absolute atomic E-state index is 0.0556. The van der Waals surface area contributed by atoms with Gasteiger partial charge in [-0.3, -0.25) is 0 Å². The number of rotatable bonds is 1. The standard InChI is InChI=1S/C5H8O3/c1-3-2-5(3,8)4(6)7/h3,8H,2H2,1H3,(H,6,7)/t3?,5-/m0/s1. The number of aliphatic carboxylic acids is 1. The van der Waals surface area contributed by atoms with Gasteiger partial charge in [0, 0.05) is 0 Å². The van der Waals surface area contributed by atoms with Crippen molar-refractivity contribution in [1.29, 1.82) is 0 Å². The van der Waals surface area contributed by atoms with Gasteiger partial charge in [0.05, 0.1) is 0 Å². The quantitative estimate of drug-likeness (QED) is 0.500. The van der Waals surface area contributed by atoms with Crippen LogP contribution >= 0.6 is 0 Å². The molecule has 0 aliphatic heterocycles. The molecule has 1 unspecified atom stereocenters. The average molecular weight is 116 g/mol. The molecular weight excluding hydrogens is 108 g/mol. The van der Waals surface area contributed by atoms with Crippen molar-refractivity contribution in [2.45, 2.75) is 18.9 Å². The fourth-order valence-corrected chi connectivity index (χ4v) is 0.706. The van der Waals surface area contributed by atoms with Gasteiger partial charge in [0.2, 0.25) is 0 Å². The summed E-state index contributed by atoms with van der Waals surface area (Å²) in [6, 6.07) is 0. The summed E-state index contributed by atoms with van der Waals surface area (Å²) in [7, 11) is 0. The lowest BCUT2D eigenvalue weighted by Crippen LogP contribution is -2.22. The summed E-state index contributed by atoms with van der Waals surface area (Å²) in [4.78, 5) is 10.0. The SMILES string of the molecule is CC1C[C@@]1(O)C(=O)O.